The van der Waals surface area contributed by atoms with Gasteiger partial charge in [-0.15, -0.1) is 0 Å². The number of hydrogen-bond donors (Lipinski definition) is 1. The zero-order valence-corrected chi connectivity index (χ0v) is 16.1. The molecule has 0 radical (unpaired) electrons. The number of aromatic nitrogens is 2. The van der Waals surface area contributed by atoms with Crippen molar-refractivity contribution >= 4 is 29.0 Å². The van der Waals surface area contributed by atoms with E-state index in [9.17, 15) is 9.18 Å². The molecule has 2 heterocycles. The van der Waals surface area contributed by atoms with Crippen molar-refractivity contribution < 1.29 is 13.9 Å². The summed E-state index contributed by atoms with van der Waals surface area (Å²) in [5.41, 5.74) is 0.871. The van der Waals surface area contributed by atoms with Crippen LogP contribution in [0.5, 0.6) is 5.75 Å². The number of para-hydroxylation sites is 1. The summed E-state index contributed by atoms with van der Waals surface area (Å²) in [5, 5.41) is 2.95. The number of rotatable bonds is 4. The van der Waals surface area contributed by atoms with E-state index in [0.29, 0.717) is 36.3 Å². The third kappa shape index (κ3) is 3.34. The minimum absolute atomic E-state index is 0.0434. The zero-order chi connectivity index (χ0) is 19.7. The quantitative estimate of drug-likeness (QED) is 0.869. The average molecular weight is 385 g/mol. The second-order valence-corrected chi connectivity index (χ2v) is 7.18. The van der Waals surface area contributed by atoms with E-state index in [1.807, 2.05) is 0 Å². The first-order valence-electron chi connectivity index (χ1n) is 9.58. The van der Waals surface area contributed by atoms with Crippen LogP contribution in [0, 0.1) is 5.82 Å². The number of nitrogens with zero attached hydrogens (tertiary/aromatic N) is 4. The maximum absolute atomic E-state index is 14.3. The molecule has 1 fully saturated rings. The number of hydrogen-bond acceptors (Lipinski definition) is 6. The van der Waals surface area contributed by atoms with Gasteiger partial charge in [0, 0.05) is 26.1 Å². The summed E-state index contributed by atoms with van der Waals surface area (Å²) >= 11 is 0. The van der Waals surface area contributed by atoms with Gasteiger partial charge in [0.15, 0.2) is 11.6 Å². The van der Waals surface area contributed by atoms with Gasteiger partial charge in [-0.1, -0.05) is 18.9 Å². The average Bonchev–Trinajstić information content (AvgIpc) is 3.20. The predicted octanol–water partition coefficient (Wildman–Crippen LogP) is 3.48. The molecule has 0 spiro atoms. The van der Waals surface area contributed by atoms with Crippen molar-refractivity contribution in [2.75, 3.05) is 35.8 Å². The Balaban J connectivity index is 1.73. The summed E-state index contributed by atoms with van der Waals surface area (Å²) in [7, 11) is 3.23. The van der Waals surface area contributed by atoms with E-state index in [-0.39, 0.29) is 17.5 Å². The van der Waals surface area contributed by atoms with Crippen LogP contribution in [0.15, 0.2) is 24.4 Å². The maximum atomic E-state index is 14.3. The monoisotopic (exact) mass is 385 g/mol. The van der Waals surface area contributed by atoms with Crippen LogP contribution in [-0.2, 0) is 4.79 Å². The molecule has 0 unspecified atom stereocenters. The van der Waals surface area contributed by atoms with Gasteiger partial charge in [-0.25, -0.2) is 9.37 Å². The van der Waals surface area contributed by atoms with Crippen molar-refractivity contribution in [2.45, 2.75) is 38.1 Å². The second kappa shape index (κ2) is 7.61. The first-order chi connectivity index (χ1) is 13.6. The van der Waals surface area contributed by atoms with Crippen molar-refractivity contribution in [1.82, 2.24) is 9.97 Å². The van der Waals surface area contributed by atoms with E-state index in [1.54, 1.807) is 30.3 Å². The fourth-order valence-electron chi connectivity index (χ4n) is 3.98. The predicted molar refractivity (Wildman–Crippen MR) is 106 cm³/mol. The third-order valence-electron chi connectivity index (χ3n) is 5.52. The van der Waals surface area contributed by atoms with Gasteiger partial charge in [-0.2, -0.15) is 4.98 Å². The largest absolute Gasteiger partial charge is 0.494 e. The summed E-state index contributed by atoms with van der Waals surface area (Å²) < 4.78 is 19.5. The van der Waals surface area contributed by atoms with Gasteiger partial charge in [0.05, 0.1) is 13.3 Å². The van der Waals surface area contributed by atoms with E-state index in [0.717, 1.165) is 12.8 Å². The first-order valence-corrected chi connectivity index (χ1v) is 9.58. The normalized spacial score (nSPS) is 17.5. The van der Waals surface area contributed by atoms with Gasteiger partial charge in [0.2, 0.25) is 11.9 Å². The van der Waals surface area contributed by atoms with Crippen LogP contribution >= 0.6 is 0 Å². The standard InChI is InChI=1S/C20H24FN5O2/c1-25-15-12-22-20(23-18-14(21)8-5-9-16(18)28-2)24-19(15)26(11-10-17(25)27)13-6-3-4-7-13/h5,8-9,12-13H,3-4,6-7,10-11H2,1-2H3,(H,22,23,24). The third-order valence-corrected chi connectivity index (χ3v) is 5.52. The van der Waals surface area contributed by atoms with E-state index >= 15 is 0 Å². The van der Waals surface area contributed by atoms with E-state index < -0.39 is 5.82 Å². The summed E-state index contributed by atoms with van der Waals surface area (Å²) in [6.07, 6.45) is 6.61. The van der Waals surface area contributed by atoms with E-state index in [1.165, 1.54) is 26.0 Å². The van der Waals surface area contributed by atoms with Crippen LogP contribution in [0.25, 0.3) is 0 Å². The van der Waals surface area contributed by atoms with Crippen molar-refractivity contribution in [3.8, 4) is 5.75 Å². The van der Waals surface area contributed by atoms with Gasteiger partial charge in [0.25, 0.3) is 0 Å². The number of benzene rings is 1. The van der Waals surface area contributed by atoms with Gasteiger partial charge in [0.1, 0.15) is 17.1 Å². The Morgan fingerprint density at radius 3 is 2.82 bits per heavy atom. The molecule has 28 heavy (non-hydrogen) atoms. The van der Waals surface area contributed by atoms with Crippen molar-refractivity contribution in [1.29, 1.82) is 0 Å². The lowest BCUT2D eigenvalue weighted by atomic mass is 10.2. The molecule has 148 valence electrons. The van der Waals surface area contributed by atoms with Crippen molar-refractivity contribution in [3.63, 3.8) is 0 Å². The Bertz CT molecular complexity index is 885. The molecule has 2 aromatic rings. The van der Waals surface area contributed by atoms with E-state index in [4.69, 9.17) is 4.74 Å². The number of ether oxygens (including phenoxy) is 1. The summed E-state index contributed by atoms with van der Waals surface area (Å²) in [4.78, 5) is 25.2. The summed E-state index contributed by atoms with van der Waals surface area (Å²) in [6.45, 7) is 0.625. The molecule has 1 aromatic carbocycles. The Hall–Kier alpha value is -2.90. The Morgan fingerprint density at radius 1 is 1.29 bits per heavy atom. The highest BCUT2D eigenvalue weighted by atomic mass is 19.1. The number of amides is 1. The fourth-order valence-corrected chi connectivity index (χ4v) is 3.98. The molecular weight excluding hydrogens is 361 g/mol. The first kappa shape index (κ1) is 18.5. The van der Waals surface area contributed by atoms with Gasteiger partial charge in [-0.3, -0.25) is 4.79 Å². The lowest BCUT2D eigenvalue weighted by Gasteiger charge is -2.30. The van der Waals surface area contributed by atoms with Crippen LogP contribution in [0.3, 0.4) is 0 Å². The molecule has 1 saturated carbocycles. The van der Waals surface area contributed by atoms with Gasteiger partial charge < -0.3 is 19.9 Å². The molecule has 7 nitrogen and oxygen atoms in total. The maximum Gasteiger partial charge on any atom is 0.229 e. The van der Waals surface area contributed by atoms with Crippen LogP contribution in [-0.4, -0.2) is 42.6 Å². The minimum Gasteiger partial charge on any atom is -0.494 e. The molecule has 1 aliphatic carbocycles. The molecule has 0 saturated heterocycles. The molecule has 0 atom stereocenters. The number of fused-ring (bicyclic) bond motifs is 1. The lowest BCUT2D eigenvalue weighted by molar-refractivity contribution is -0.118. The van der Waals surface area contributed by atoms with Crippen LogP contribution < -0.4 is 19.9 Å². The Morgan fingerprint density at radius 2 is 2.07 bits per heavy atom. The second-order valence-electron chi connectivity index (χ2n) is 7.18. The van der Waals surface area contributed by atoms with Crippen LogP contribution in [0.4, 0.5) is 27.5 Å². The number of halogens is 1. The Labute approximate surface area is 163 Å². The van der Waals surface area contributed by atoms with Gasteiger partial charge in [-0.05, 0) is 25.0 Å². The highest BCUT2D eigenvalue weighted by Gasteiger charge is 2.31. The summed E-state index contributed by atoms with van der Waals surface area (Å²) in [6, 6.07) is 4.97. The molecule has 1 aliphatic heterocycles. The van der Waals surface area contributed by atoms with Crippen molar-refractivity contribution in [3.05, 3.63) is 30.2 Å². The van der Waals surface area contributed by atoms with Crippen LogP contribution in [0.2, 0.25) is 0 Å². The molecule has 1 aromatic heterocycles. The number of carbonyl (C=O) groups is 1. The number of nitrogens with one attached hydrogen (secondary N) is 1. The molecule has 0 bridgehead atoms. The molecule has 8 heteroatoms. The molecule has 1 amide bonds. The minimum atomic E-state index is -0.446. The number of methoxy groups -OCH3 is 1. The lowest BCUT2D eigenvalue weighted by Crippen LogP contribution is -2.34. The summed E-state index contributed by atoms with van der Waals surface area (Å²) in [5.74, 6) is 0.958. The van der Waals surface area contributed by atoms with Crippen molar-refractivity contribution in [2.24, 2.45) is 0 Å². The molecule has 4 rings (SSSR count). The zero-order valence-electron chi connectivity index (χ0n) is 16.1. The fraction of sp³-hybridized carbons (Fsp3) is 0.450. The number of carbonyl (C=O) groups excluding carboxylic acids is 1. The van der Waals surface area contributed by atoms with Gasteiger partial charge >= 0.3 is 0 Å². The smallest absolute Gasteiger partial charge is 0.229 e. The Kier molecular flexibility index (Phi) is 5.02. The van der Waals surface area contributed by atoms with Crippen LogP contribution in [0.1, 0.15) is 32.1 Å². The highest BCUT2D eigenvalue weighted by Crippen LogP contribution is 2.37. The molecule has 1 N–H and O–H groups in total. The van der Waals surface area contributed by atoms with E-state index in [2.05, 4.69) is 20.2 Å². The topological polar surface area (TPSA) is 70.6 Å². The molecular formula is C20H24FN5O2. The highest BCUT2D eigenvalue weighted by molar-refractivity contribution is 5.97. The number of anilines is 4. The SMILES string of the molecule is COc1cccc(F)c1Nc1ncc2c(n1)N(C1CCCC1)CCC(=O)N2C. The molecule has 2 aliphatic rings.